The highest BCUT2D eigenvalue weighted by atomic mass is 35.5. The summed E-state index contributed by atoms with van der Waals surface area (Å²) in [6, 6.07) is 21.6. The standard InChI is InChI=1S/C25H20ClNO4/c26-18-10-12-19(13-11-18)27-23(17-7-4-8-20(28)15-17)22(24(30)25(27)31)21(29)14-9-16-5-2-1-3-6-16/h1-8,10-13,15,23,28,30H,9,14H2. The molecule has 2 N–H and O–H groups in total. The van der Waals surface area contributed by atoms with Crippen LogP contribution in [0.4, 0.5) is 5.69 Å². The lowest BCUT2D eigenvalue weighted by atomic mass is 9.93. The topological polar surface area (TPSA) is 77.8 Å². The van der Waals surface area contributed by atoms with Crippen LogP contribution in [0.15, 0.2) is 90.2 Å². The van der Waals surface area contributed by atoms with Crippen LogP contribution in [-0.4, -0.2) is 21.9 Å². The minimum absolute atomic E-state index is 0.00322. The highest BCUT2D eigenvalue weighted by Crippen LogP contribution is 2.42. The van der Waals surface area contributed by atoms with Crippen molar-refractivity contribution in [1.29, 1.82) is 0 Å². The van der Waals surface area contributed by atoms with E-state index in [1.165, 1.54) is 17.0 Å². The summed E-state index contributed by atoms with van der Waals surface area (Å²) >= 11 is 5.99. The predicted molar refractivity (Wildman–Crippen MR) is 119 cm³/mol. The molecule has 0 saturated heterocycles. The third-order valence-corrected chi connectivity index (χ3v) is 5.53. The first-order chi connectivity index (χ1) is 15.0. The second-order valence-electron chi connectivity index (χ2n) is 7.32. The Labute approximate surface area is 184 Å². The van der Waals surface area contributed by atoms with Gasteiger partial charge in [-0.05, 0) is 53.9 Å². The van der Waals surface area contributed by atoms with Crippen LogP contribution in [0.1, 0.15) is 23.6 Å². The zero-order chi connectivity index (χ0) is 22.0. The van der Waals surface area contributed by atoms with Crippen LogP contribution < -0.4 is 4.90 Å². The Morgan fingerprint density at radius 3 is 2.32 bits per heavy atom. The summed E-state index contributed by atoms with van der Waals surface area (Å²) in [5.74, 6) is -1.55. The van der Waals surface area contributed by atoms with E-state index in [0.717, 1.165) is 5.56 Å². The number of ketones is 1. The number of aromatic hydroxyl groups is 1. The highest BCUT2D eigenvalue weighted by molar-refractivity contribution is 6.30. The molecular weight excluding hydrogens is 414 g/mol. The van der Waals surface area contributed by atoms with Crippen molar-refractivity contribution < 1.29 is 19.8 Å². The van der Waals surface area contributed by atoms with Gasteiger partial charge in [-0.3, -0.25) is 14.5 Å². The van der Waals surface area contributed by atoms with Crippen LogP contribution in [0.3, 0.4) is 0 Å². The number of benzene rings is 3. The molecule has 4 rings (SSSR count). The van der Waals surface area contributed by atoms with Gasteiger partial charge in [-0.1, -0.05) is 54.1 Å². The number of aryl methyl sites for hydroxylation is 1. The summed E-state index contributed by atoms with van der Waals surface area (Å²) in [5, 5.41) is 21.2. The Balaban J connectivity index is 1.73. The van der Waals surface area contributed by atoms with E-state index in [-0.39, 0.29) is 23.5 Å². The van der Waals surface area contributed by atoms with Gasteiger partial charge in [-0.25, -0.2) is 0 Å². The van der Waals surface area contributed by atoms with E-state index in [9.17, 15) is 19.8 Å². The Bertz CT molecular complexity index is 1160. The van der Waals surface area contributed by atoms with Crippen molar-refractivity contribution in [3.63, 3.8) is 0 Å². The molecular formula is C25H20ClNO4. The number of phenols is 1. The summed E-state index contributed by atoms with van der Waals surface area (Å²) in [5.41, 5.74) is 2.03. The van der Waals surface area contributed by atoms with Crippen LogP contribution in [0.5, 0.6) is 5.75 Å². The van der Waals surface area contributed by atoms with Gasteiger partial charge in [-0.15, -0.1) is 0 Å². The first-order valence-electron chi connectivity index (χ1n) is 9.84. The second-order valence-corrected chi connectivity index (χ2v) is 7.76. The molecule has 1 aliphatic heterocycles. The first-order valence-corrected chi connectivity index (χ1v) is 10.2. The number of anilines is 1. The van der Waals surface area contributed by atoms with Crippen LogP contribution in [-0.2, 0) is 16.0 Å². The van der Waals surface area contributed by atoms with Gasteiger partial charge in [0.2, 0.25) is 0 Å². The third-order valence-electron chi connectivity index (χ3n) is 5.28. The van der Waals surface area contributed by atoms with E-state index in [4.69, 9.17) is 11.6 Å². The molecule has 1 amide bonds. The quantitative estimate of drug-likeness (QED) is 0.563. The number of hydrogen-bond donors (Lipinski definition) is 2. The summed E-state index contributed by atoms with van der Waals surface area (Å²) in [6.07, 6.45) is 0.624. The zero-order valence-corrected chi connectivity index (χ0v) is 17.3. The number of amides is 1. The molecule has 3 aromatic carbocycles. The minimum atomic E-state index is -0.857. The van der Waals surface area contributed by atoms with Crippen molar-refractivity contribution in [2.24, 2.45) is 0 Å². The van der Waals surface area contributed by atoms with Gasteiger partial charge in [0.25, 0.3) is 5.91 Å². The zero-order valence-electron chi connectivity index (χ0n) is 16.5. The number of carbonyl (C=O) groups is 2. The molecule has 1 heterocycles. The smallest absolute Gasteiger partial charge is 0.294 e. The maximum atomic E-state index is 13.2. The molecule has 0 bridgehead atoms. The molecule has 5 nitrogen and oxygen atoms in total. The van der Waals surface area contributed by atoms with E-state index in [1.807, 2.05) is 30.3 Å². The van der Waals surface area contributed by atoms with Gasteiger partial charge in [0.05, 0.1) is 11.6 Å². The average Bonchev–Trinajstić information content (AvgIpc) is 3.04. The van der Waals surface area contributed by atoms with Crippen LogP contribution in [0, 0.1) is 0 Å². The SMILES string of the molecule is O=C(CCc1ccccc1)C1=C(O)C(=O)N(c2ccc(Cl)cc2)C1c1cccc(O)c1. The van der Waals surface area contributed by atoms with Gasteiger partial charge in [-0.2, -0.15) is 0 Å². The van der Waals surface area contributed by atoms with E-state index in [0.29, 0.717) is 22.7 Å². The van der Waals surface area contributed by atoms with Crippen molar-refractivity contribution in [2.75, 3.05) is 4.90 Å². The molecule has 1 aliphatic rings. The van der Waals surface area contributed by atoms with E-state index in [1.54, 1.807) is 36.4 Å². The molecule has 0 fully saturated rings. The lowest BCUT2D eigenvalue weighted by molar-refractivity contribution is -0.118. The van der Waals surface area contributed by atoms with Gasteiger partial charge in [0.15, 0.2) is 11.5 Å². The number of rotatable bonds is 6. The number of hydrogen-bond acceptors (Lipinski definition) is 4. The Kier molecular flexibility index (Phi) is 5.78. The average molecular weight is 434 g/mol. The van der Waals surface area contributed by atoms with Crippen LogP contribution in [0.25, 0.3) is 0 Å². The van der Waals surface area contributed by atoms with E-state index >= 15 is 0 Å². The molecule has 3 aromatic rings. The van der Waals surface area contributed by atoms with Crippen molar-refractivity contribution in [3.05, 3.63) is 106 Å². The van der Waals surface area contributed by atoms with Gasteiger partial charge in [0.1, 0.15) is 5.75 Å². The highest BCUT2D eigenvalue weighted by Gasteiger charge is 2.44. The number of halogens is 1. The van der Waals surface area contributed by atoms with Crippen molar-refractivity contribution in [3.8, 4) is 5.75 Å². The number of nitrogens with zero attached hydrogens (tertiary/aromatic N) is 1. The fourth-order valence-corrected chi connectivity index (χ4v) is 3.93. The van der Waals surface area contributed by atoms with Crippen molar-refractivity contribution in [2.45, 2.75) is 18.9 Å². The molecule has 0 spiro atoms. The van der Waals surface area contributed by atoms with Crippen LogP contribution >= 0.6 is 11.6 Å². The largest absolute Gasteiger partial charge is 0.508 e. The molecule has 0 aliphatic carbocycles. The monoisotopic (exact) mass is 433 g/mol. The molecule has 6 heteroatoms. The normalized spacial score (nSPS) is 16.1. The molecule has 31 heavy (non-hydrogen) atoms. The van der Waals surface area contributed by atoms with Gasteiger partial charge < -0.3 is 10.2 Å². The third kappa shape index (κ3) is 4.18. The molecule has 0 radical (unpaired) electrons. The van der Waals surface area contributed by atoms with Gasteiger partial charge >= 0.3 is 0 Å². The maximum absolute atomic E-state index is 13.2. The van der Waals surface area contributed by atoms with Crippen molar-refractivity contribution in [1.82, 2.24) is 0 Å². The van der Waals surface area contributed by atoms with E-state index in [2.05, 4.69) is 0 Å². The minimum Gasteiger partial charge on any atom is -0.508 e. The Morgan fingerprint density at radius 2 is 1.65 bits per heavy atom. The molecule has 1 unspecified atom stereocenters. The number of phenolic OH excluding ortho intramolecular Hbond substituents is 1. The number of Topliss-reactive ketones (excluding diaryl/α,β-unsaturated/α-hetero) is 1. The summed E-state index contributed by atoms with van der Waals surface area (Å²) in [7, 11) is 0. The summed E-state index contributed by atoms with van der Waals surface area (Å²) < 4.78 is 0. The van der Waals surface area contributed by atoms with Crippen LogP contribution in [0.2, 0.25) is 5.02 Å². The predicted octanol–water partition coefficient (Wildman–Crippen LogP) is 5.15. The lowest BCUT2D eigenvalue weighted by Crippen LogP contribution is -2.31. The number of aliphatic hydroxyl groups is 1. The fraction of sp³-hybridized carbons (Fsp3) is 0.120. The van der Waals surface area contributed by atoms with E-state index < -0.39 is 17.7 Å². The van der Waals surface area contributed by atoms with Gasteiger partial charge in [0, 0.05) is 17.1 Å². The summed E-state index contributed by atoms with van der Waals surface area (Å²) in [6.45, 7) is 0. The molecule has 1 atom stereocenters. The fourth-order valence-electron chi connectivity index (χ4n) is 3.81. The molecule has 0 saturated carbocycles. The molecule has 0 aromatic heterocycles. The Morgan fingerprint density at radius 1 is 0.935 bits per heavy atom. The number of aliphatic hydroxyl groups excluding tert-OH is 1. The lowest BCUT2D eigenvalue weighted by Gasteiger charge is -2.27. The second kappa shape index (κ2) is 8.66. The molecule has 156 valence electrons. The Hall–Kier alpha value is -3.57. The summed E-state index contributed by atoms with van der Waals surface area (Å²) in [4.78, 5) is 27.6. The number of carbonyl (C=O) groups excluding carboxylic acids is 2. The first kappa shape index (κ1) is 20.7. The maximum Gasteiger partial charge on any atom is 0.294 e. The van der Waals surface area contributed by atoms with Crippen molar-refractivity contribution >= 4 is 29.0 Å².